The molecule has 0 radical (unpaired) electrons. The molecule has 3 heteroatoms. The van der Waals surface area contributed by atoms with Gasteiger partial charge in [-0.1, -0.05) is 18.1 Å². The summed E-state index contributed by atoms with van der Waals surface area (Å²) in [5, 5.41) is 6.20. The fourth-order valence-corrected chi connectivity index (χ4v) is 2.51. The molecule has 1 amide bonds. The predicted molar refractivity (Wildman–Crippen MR) is 84.2 cm³/mol. The Morgan fingerprint density at radius 3 is 2.95 bits per heavy atom. The van der Waals surface area contributed by atoms with Crippen LogP contribution in [0, 0.1) is 12.3 Å². The molecule has 0 aliphatic carbocycles. The first-order valence-corrected chi connectivity index (χ1v) is 6.97. The minimum atomic E-state index is -0.113. The van der Waals surface area contributed by atoms with Gasteiger partial charge in [0.15, 0.2) is 0 Å². The Morgan fingerprint density at radius 2 is 2.10 bits per heavy atom. The lowest BCUT2D eigenvalue weighted by Gasteiger charge is -2.17. The van der Waals surface area contributed by atoms with Gasteiger partial charge in [0, 0.05) is 23.4 Å². The molecule has 3 nitrogen and oxygen atoms in total. The van der Waals surface area contributed by atoms with E-state index in [0.717, 1.165) is 25.1 Å². The third kappa shape index (κ3) is 2.96. The second-order valence-corrected chi connectivity index (χ2v) is 5.09. The average Bonchev–Trinajstić information content (AvgIpc) is 2.54. The first-order chi connectivity index (χ1) is 10.3. The van der Waals surface area contributed by atoms with Gasteiger partial charge in [0.1, 0.15) is 0 Å². The van der Waals surface area contributed by atoms with E-state index in [2.05, 4.69) is 16.6 Å². The van der Waals surface area contributed by atoms with Crippen molar-refractivity contribution in [1.29, 1.82) is 0 Å². The van der Waals surface area contributed by atoms with Crippen molar-refractivity contribution in [3.05, 3.63) is 64.7 Å². The van der Waals surface area contributed by atoms with E-state index < -0.39 is 0 Å². The third-order valence-corrected chi connectivity index (χ3v) is 3.64. The maximum absolute atomic E-state index is 12.3. The molecule has 1 heterocycles. The van der Waals surface area contributed by atoms with E-state index in [4.69, 9.17) is 6.42 Å². The molecule has 104 valence electrons. The van der Waals surface area contributed by atoms with E-state index in [-0.39, 0.29) is 5.91 Å². The van der Waals surface area contributed by atoms with Gasteiger partial charge in [-0.3, -0.25) is 4.79 Å². The summed E-state index contributed by atoms with van der Waals surface area (Å²) in [4.78, 5) is 12.3. The van der Waals surface area contributed by atoms with Crippen molar-refractivity contribution < 1.29 is 4.79 Å². The molecule has 1 aliphatic rings. The number of nitrogens with one attached hydrogen (secondary N) is 2. The molecule has 2 aromatic carbocycles. The largest absolute Gasteiger partial charge is 0.322 e. The maximum Gasteiger partial charge on any atom is 0.255 e. The zero-order valence-electron chi connectivity index (χ0n) is 11.6. The number of fused-ring (bicyclic) bond motifs is 1. The van der Waals surface area contributed by atoms with Crippen molar-refractivity contribution in [3.8, 4) is 12.3 Å². The van der Waals surface area contributed by atoms with Gasteiger partial charge >= 0.3 is 0 Å². The van der Waals surface area contributed by atoms with Crippen molar-refractivity contribution in [3.63, 3.8) is 0 Å². The molecule has 0 saturated heterocycles. The number of amides is 1. The van der Waals surface area contributed by atoms with E-state index in [1.807, 2.05) is 36.4 Å². The van der Waals surface area contributed by atoms with Crippen LogP contribution in [0.25, 0.3) is 0 Å². The van der Waals surface area contributed by atoms with Crippen LogP contribution in [0.3, 0.4) is 0 Å². The predicted octanol–water partition coefficient (Wildman–Crippen LogP) is 2.57. The molecular formula is C18H16N2O. The minimum Gasteiger partial charge on any atom is -0.322 e. The Morgan fingerprint density at radius 1 is 1.19 bits per heavy atom. The van der Waals surface area contributed by atoms with E-state index in [1.165, 1.54) is 11.1 Å². The molecular weight excluding hydrogens is 260 g/mol. The summed E-state index contributed by atoms with van der Waals surface area (Å²) in [6.07, 6.45) is 6.38. The van der Waals surface area contributed by atoms with E-state index >= 15 is 0 Å². The van der Waals surface area contributed by atoms with Gasteiger partial charge in [-0.15, -0.1) is 6.42 Å². The highest BCUT2D eigenvalue weighted by molar-refractivity contribution is 6.04. The van der Waals surface area contributed by atoms with Gasteiger partial charge in [0.2, 0.25) is 0 Å². The zero-order chi connectivity index (χ0) is 14.7. The maximum atomic E-state index is 12.3. The van der Waals surface area contributed by atoms with Crippen molar-refractivity contribution in [2.45, 2.75) is 13.0 Å². The highest BCUT2D eigenvalue weighted by Gasteiger charge is 2.12. The monoisotopic (exact) mass is 276 g/mol. The number of carbonyl (C=O) groups excluding carboxylic acids is 1. The fourth-order valence-electron chi connectivity index (χ4n) is 2.51. The summed E-state index contributed by atoms with van der Waals surface area (Å²) in [5.41, 5.74) is 4.66. The third-order valence-electron chi connectivity index (χ3n) is 3.64. The molecule has 21 heavy (non-hydrogen) atoms. The number of hydrogen-bond donors (Lipinski definition) is 2. The van der Waals surface area contributed by atoms with E-state index in [9.17, 15) is 4.79 Å². The molecule has 0 spiro atoms. The lowest BCUT2D eigenvalue weighted by atomic mass is 9.98. The second kappa shape index (κ2) is 5.82. The topological polar surface area (TPSA) is 41.1 Å². The molecule has 2 aromatic rings. The number of hydrogen-bond acceptors (Lipinski definition) is 2. The highest BCUT2D eigenvalue weighted by Crippen LogP contribution is 2.17. The standard InChI is InChI=1S/C18H16N2O/c1-2-13-4-3-5-17(10-13)20-18(21)15-7-6-14-8-9-19-12-16(14)11-15/h1,3-7,10-11,19H,8-9,12H2,(H,20,21). The van der Waals surface area contributed by atoms with Gasteiger partial charge in [-0.05, 0) is 54.4 Å². The Labute approximate surface area is 124 Å². The SMILES string of the molecule is C#Cc1cccc(NC(=O)c2ccc3c(c2)CNCC3)c1. The summed E-state index contributed by atoms with van der Waals surface area (Å²) in [6.45, 7) is 1.82. The number of carbonyl (C=O) groups is 1. The summed E-state index contributed by atoms with van der Waals surface area (Å²) < 4.78 is 0. The minimum absolute atomic E-state index is 0.113. The number of benzene rings is 2. The van der Waals surface area contributed by atoms with Gasteiger partial charge in [0.05, 0.1) is 0 Å². The molecule has 0 bridgehead atoms. The zero-order valence-corrected chi connectivity index (χ0v) is 11.6. The number of rotatable bonds is 2. The van der Waals surface area contributed by atoms with Crippen LogP contribution >= 0.6 is 0 Å². The first-order valence-electron chi connectivity index (χ1n) is 6.97. The second-order valence-electron chi connectivity index (χ2n) is 5.09. The normalized spacial score (nSPS) is 13.1. The van der Waals surface area contributed by atoms with Gasteiger partial charge < -0.3 is 10.6 Å². The molecule has 0 unspecified atom stereocenters. The smallest absolute Gasteiger partial charge is 0.255 e. The lowest BCUT2D eigenvalue weighted by molar-refractivity contribution is 0.102. The molecule has 0 atom stereocenters. The Hall–Kier alpha value is -2.57. The molecule has 0 fully saturated rings. The van der Waals surface area contributed by atoms with Crippen molar-refractivity contribution in [2.24, 2.45) is 0 Å². The quantitative estimate of drug-likeness (QED) is 0.828. The molecule has 1 aliphatic heterocycles. The van der Waals surface area contributed by atoms with Crippen LogP contribution in [0.2, 0.25) is 0 Å². The van der Waals surface area contributed by atoms with Crippen LogP contribution in [0.1, 0.15) is 27.0 Å². The van der Waals surface area contributed by atoms with Crippen LogP contribution < -0.4 is 10.6 Å². The lowest BCUT2D eigenvalue weighted by Crippen LogP contribution is -2.24. The molecule has 0 aromatic heterocycles. The highest BCUT2D eigenvalue weighted by atomic mass is 16.1. The number of terminal acetylenes is 1. The van der Waals surface area contributed by atoms with Gasteiger partial charge in [-0.2, -0.15) is 0 Å². The van der Waals surface area contributed by atoms with Crippen LogP contribution in [0.15, 0.2) is 42.5 Å². The van der Waals surface area contributed by atoms with Crippen molar-refractivity contribution in [1.82, 2.24) is 5.32 Å². The van der Waals surface area contributed by atoms with Crippen LogP contribution in [-0.2, 0) is 13.0 Å². The number of anilines is 1. The van der Waals surface area contributed by atoms with Crippen LogP contribution in [0.5, 0.6) is 0 Å². The van der Waals surface area contributed by atoms with Gasteiger partial charge in [-0.25, -0.2) is 0 Å². The average molecular weight is 276 g/mol. The summed E-state index contributed by atoms with van der Waals surface area (Å²) >= 11 is 0. The first kappa shape index (κ1) is 13.4. The fraction of sp³-hybridized carbons (Fsp3) is 0.167. The molecule has 0 saturated carbocycles. The Kier molecular flexibility index (Phi) is 3.72. The van der Waals surface area contributed by atoms with E-state index in [1.54, 1.807) is 6.07 Å². The van der Waals surface area contributed by atoms with Crippen molar-refractivity contribution >= 4 is 11.6 Å². The van der Waals surface area contributed by atoms with Gasteiger partial charge in [0.25, 0.3) is 5.91 Å². The van der Waals surface area contributed by atoms with Crippen molar-refractivity contribution in [2.75, 3.05) is 11.9 Å². The summed E-state index contributed by atoms with van der Waals surface area (Å²) in [5.74, 6) is 2.45. The Balaban J connectivity index is 1.80. The summed E-state index contributed by atoms with van der Waals surface area (Å²) in [6, 6.07) is 13.2. The molecule has 3 rings (SSSR count). The van der Waals surface area contributed by atoms with Crippen LogP contribution in [-0.4, -0.2) is 12.5 Å². The molecule has 2 N–H and O–H groups in total. The van der Waals surface area contributed by atoms with E-state index in [0.29, 0.717) is 11.3 Å². The van der Waals surface area contributed by atoms with Crippen LogP contribution in [0.4, 0.5) is 5.69 Å². The summed E-state index contributed by atoms with van der Waals surface area (Å²) in [7, 11) is 0. The Bertz CT molecular complexity index is 728.